The molecule has 0 unspecified atom stereocenters. The summed E-state index contributed by atoms with van der Waals surface area (Å²) < 4.78 is 11.2. The minimum absolute atomic E-state index is 0.00844. The first-order valence-corrected chi connectivity index (χ1v) is 9.00. The lowest BCUT2D eigenvalue weighted by Crippen LogP contribution is -2.42. The highest BCUT2D eigenvalue weighted by Crippen LogP contribution is 2.21. The van der Waals surface area contributed by atoms with Gasteiger partial charge >= 0.3 is 0 Å². The van der Waals surface area contributed by atoms with Gasteiger partial charge in [0.05, 0.1) is 19.7 Å². The van der Waals surface area contributed by atoms with Crippen LogP contribution in [0.2, 0.25) is 0 Å². The van der Waals surface area contributed by atoms with Crippen molar-refractivity contribution in [1.82, 2.24) is 15.5 Å². The maximum Gasteiger partial charge on any atom is 0.241 e. The maximum absolute atomic E-state index is 11.7. The van der Waals surface area contributed by atoms with Crippen molar-refractivity contribution >= 4 is 11.9 Å². The summed E-state index contributed by atoms with van der Waals surface area (Å²) in [6, 6.07) is 6.06. The van der Waals surface area contributed by atoms with E-state index in [9.17, 15) is 4.79 Å². The Labute approximate surface area is 156 Å². The van der Waals surface area contributed by atoms with Crippen molar-refractivity contribution in [3.63, 3.8) is 0 Å². The van der Waals surface area contributed by atoms with Gasteiger partial charge in [-0.25, -0.2) is 4.99 Å². The van der Waals surface area contributed by atoms with Gasteiger partial charge in [0, 0.05) is 32.8 Å². The smallest absolute Gasteiger partial charge is 0.241 e. The molecule has 1 aromatic rings. The Morgan fingerprint density at radius 1 is 1.19 bits per heavy atom. The molecule has 0 saturated carbocycles. The van der Waals surface area contributed by atoms with Gasteiger partial charge in [-0.15, -0.1) is 0 Å². The summed E-state index contributed by atoms with van der Waals surface area (Å²) in [5.41, 5.74) is 2.12. The number of rotatable bonds is 10. The Morgan fingerprint density at radius 3 is 2.62 bits per heavy atom. The molecule has 0 radical (unpaired) electrons. The van der Waals surface area contributed by atoms with E-state index < -0.39 is 0 Å². The summed E-state index contributed by atoms with van der Waals surface area (Å²) >= 11 is 0. The SMILES string of the molecule is CCNC(=NCc1ccc(C)cc1OCCOCC)NCC(=O)N(C)C. The standard InChI is InChI=1S/C19H32N4O3/c1-6-20-19(22-14-18(24)23(4)5)21-13-16-9-8-15(3)12-17(16)26-11-10-25-7-2/h8-9,12H,6-7,10-11,13-14H2,1-5H3,(H2,20,21,22). The first-order chi connectivity index (χ1) is 12.5. The average molecular weight is 364 g/mol. The molecule has 146 valence electrons. The van der Waals surface area contributed by atoms with E-state index in [0.717, 1.165) is 16.9 Å². The van der Waals surface area contributed by atoms with E-state index in [-0.39, 0.29) is 12.5 Å². The van der Waals surface area contributed by atoms with Gasteiger partial charge in [0.1, 0.15) is 12.4 Å². The second-order valence-corrected chi connectivity index (χ2v) is 5.99. The van der Waals surface area contributed by atoms with Crippen LogP contribution >= 0.6 is 0 Å². The van der Waals surface area contributed by atoms with Crippen LogP contribution in [0.4, 0.5) is 0 Å². The number of nitrogens with one attached hydrogen (secondary N) is 2. The van der Waals surface area contributed by atoms with Crippen molar-refractivity contribution in [2.75, 3.05) is 47.0 Å². The van der Waals surface area contributed by atoms with E-state index in [1.165, 1.54) is 0 Å². The van der Waals surface area contributed by atoms with Crippen LogP contribution in [0.25, 0.3) is 0 Å². The minimum atomic E-state index is -0.00844. The lowest BCUT2D eigenvalue weighted by atomic mass is 10.1. The number of amides is 1. The van der Waals surface area contributed by atoms with Crippen molar-refractivity contribution in [3.8, 4) is 5.75 Å². The molecule has 0 fully saturated rings. The summed E-state index contributed by atoms with van der Waals surface area (Å²) in [5, 5.41) is 6.19. The monoisotopic (exact) mass is 364 g/mol. The van der Waals surface area contributed by atoms with Crippen molar-refractivity contribution in [3.05, 3.63) is 29.3 Å². The van der Waals surface area contributed by atoms with Crippen LogP contribution in [0.1, 0.15) is 25.0 Å². The Morgan fingerprint density at radius 2 is 1.96 bits per heavy atom. The number of carbonyl (C=O) groups is 1. The fraction of sp³-hybridized carbons (Fsp3) is 0.579. The van der Waals surface area contributed by atoms with Gasteiger partial charge in [-0.1, -0.05) is 12.1 Å². The van der Waals surface area contributed by atoms with Crippen molar-refractivity contribution < 1.29 is 14.3 Å². The molecule has 0 aromatic heterocycles. The van der Waals surface area contributed by atoms with Crippen molar-refractivity contribution in [2.45, 2.75) is 27.3 Å². The Hall–Kier alpha value is -2.28. The molecule has 1 rings (SSSR count). The molecule has 0 saturated heterocycles. The summed E-state index contributed by atoms with van der Waals surface area (Å²) in [6.07, 6.45) is 0. The number of likely N-dealkylation sites (N-methyl/N-ethyl adjacent to an activating group) is 1. The zero-order valence-corrected chi connectivity index (χ0v) is 16.6. The normalized spacial score (nSPS) is 11.2. The highest BCUT2D eigenvalue weighted by atomic mass is 16.5. The van der Waals surface area contributed by atoms with Crippen LogP contribution in [0.5, 0.6) is 5.75 Å². The molecule has 2 N–H and O–H groups in total. The topological polar surface area (TPSA) is 75.2 Å². The summed E-state index contributed by atoms with van der Waals surface area (Å²) in [6.45, 7) is 9.09. The molecular formula is C19H32N4O3. The average Bonchev–Trinajstić information content (AvgIpc) is 2.61. The molecule has 0 aliphatic rings. The van der Waals surface area contributed by atoms with Gasteiger partial charge in [0.2, 0.25) is 5.91 Å². The molecular weight excluding hydrogens is 332 g/mol. The molecule has 0 atom stereocenters. The largest absolute Gasteiger partial charge is 0.491 e. The molecule has 7 nitrogen and oxygen atoms in total. The number of aryl methyl sites for hydroxylation is 1. The predicted octanol–water partition coefficient (Wildman–Crippen LogP) is 1.55. The Balaban J connectivity index is 2.75. The third-order valence-electron chi connectivity index (χ3n) is 3.57. The highest BCUT2D eigenvalue weighted by molar-refractivity contribution is 5.86. The van der Waals surface area contributed by atoms with Crippen LogP contribution in [0, 0.1) is 6.92 Å². The third-order valence-corrected chi connectivity index (χ3v) is 3.57. The Kier molecular flexibility index (Phi) is 10.2. The van der Waals surface area contributed by atoms with Crippen molar-refractivity contribution in [1.29, 1.82) is 0 Å². The summed E-state index contributed by atoms with van der Waals surface area (Å²) in [4.78, 5) is 17.8. The molecule has 0 bridgehead atoms. The van der Waals surface area contributed by atoms with Crippen LogP contribution in [-0.4, -0.2) is 63.8 Å². The first-order valence-electron chi connectivity index (χ1n) is 9.00. The highest BCUT2D eigenvalue weighted by Gasteiger charge is 2.07. The zero-order valence-electron chi connectivity index (χ0n) is 16.6. The lowest BCUT2D eigenvalue weighted by molar-refractivity contribution is -0.127. The summed E-state index contributed by atoms with van der Waals surface area (Å²) in [5.74, 6) is 1.41. The van der Waals surface area contributed by atoms with E-state index >= 15 is 0 Å². The molecule has 0 spiro atoms. The number of hydrogen-bond acceptors (Lipinski definition) is 4. The van der Waals surface area contributed by atoms with Crippen LogP contribution in [-0.2, 0) is 16.1 Å². The van der Waals surface area contributed by atoms with E-state index in [1.54, 1.807) is 19.0 Å². The van der Waals surface area contributed by atoms with E-state index in [1.807, 2.05) is 39.0 Å². The van der Waals surface area contributed by atoms with Gasteiger partial charge in [-0.3, -0.25) is 4.79 Å². The van der Waals surface area contributed by atoms with Gasteiger partial charge in [0.15, 0.2) is 5.96 Å². The molecule has 1 amide bonds. The van der Waals surface area contributed by atoms with Crippen LogP contribution in [0.3, 0.4) is 0 Å². The van der Waals surface area contributed by atoms with Gasteiger partial charge < -0.3 is 25.0 Å². The van der Waals surface area contributed by atoms with Crippen molar-refractivity contribution in [2.24, 2.45) is 4.99 Å². The fourth-order valence-corrected chi connectivity index (χ4v) is 2.11. The second-order valence-electron chi connectivity index (χ2n) is 5.99. The quantitative estimate of drug-likeness (QED) is 0.374. The van der Waals surface area contributed by atoms with Gasteiger partial charge in [0.25, 0.3) is 0 Å². The fourth-order valence-electron chi connectivity index (χ4n) is 2.11. The second kappa shape index (κ2) is 12.1. The lowest BCUT2D eigenvalue weighted by Gasteiger charge is -2.15. The number of ether oxygens (including phenoxy) is 2. The number of benzene rings is 1. The van der Waals surface area contributed by atoms with E-state index in [4.69, 9.17) is 9.47 Å². The minimum Gasteiger partial charge on any atom is -0.491 e. The van der Waals surface area contributed by atoms with E-state index in [2.05, 4.69) is 15.6 Å². The number of hydrogen-bond donors (Lipinski definition) is 2. The number of nitrogens with zero attached hydrogens (tertiary/aromatic N) is 2. The number of aliphatic imine (C=N–C) groups is 1. The Bertz CT molecular complexity index is 588. The number of carbonyl (C=O) groups excluding carboxylic acids is 1. The van der Waals surface area contributed by atoms with Gasteiger partial charge in [-0.05, 0) is 32.4 Å². The maximum atomic E-state index is 11.7. The molecule has 1 aromatic carbocycles. The van der Waals surface area contributed by atoms with Crippen LogP contribution in [0.15, 0.2) is 23.2 Å². The molecule has 0 aliphatic carbocycles. The molecule has 0 heterocycles. The van der Waals surface area contributed by atoms with Gasteiger partial charge in [-0.2, -0.15) is 0 Å². The molecule has 7 heteroatoms. The van der Waals surface area contributed by atoms with Crippen LogP contribution < -0.4 is 15.4 Å². The predicted molar refractivity (Wildman–Crippen MR) is 105 cm³/mol. The third kappa shape index (κ3) is 8.20. The zero-order chi connectivity index (χ0) is 19.4. The summed E-state index contributed by atoms with van der Waals surface area (Å²) in [7, 11) is 3.46. The van der Waals surface area contributed by atoms with E-state index in [0.29, 0.717) is 38.9 Å². The first kappa shape index (κ1) is 21.8. The number of guanidine groups is 1. The molecule has 0 aliphatic heterocycles. The molecule has 26 heavy (non-hydrogen) atoms.